The topological polar surface area (TPSA) is 64.6 Å². The number of carbonyl (C=O) groups is 1. The molecule has 0 saturated heterocycles. The first-order chi connectivity index (χ1) is 13.7. The van der Waals surface area contributed by atoms with E-state index in [1.54, 1.807) is 0 Å². The van der Waals surface area contributed by atoms with Crippen molar-refractivity contribution in [3.63, 3.8) is 0 Å². The van der Waals surface area contributed by atoms with Crippen molar-refractivity contribution in [3.8, 4) is 11.5 Å². The van der Waals surface area contributed by atoms with Gasteiger partial charge in [0, 0.05) is 41.2 Å². The highest BCUT2D eigenvalue weighted by molar-refractivity contribution is 7.85. The van der Waals surface area contributed by atoms with Gasteiger partial charge in [-0.05, 0) is 49.8 Å². The lowest BCUT2D eigenvalue weighted by Gasteiger charge is -2.20. The predicted octanol–water partition coefficient (Wildman–Crippen LogP) is 3.76. The Morgan fingerprint density at radius 1 is 1.04 bits per heavy atom. The fourth-order valence-electron chi connectivity index (χ4n) is 3.82. The van der Waals surface area contributed by atoms with Crippen LogP contribution in [0.25, 0.3) is 0 Å². The molecule has 1 aliphatic heterocycles. The van der Waals surface area contributed by atoms with Crippen LogP contribution in [0.3, 0.4) is 0 Å². The fraction of sp³-hybridized carbons (Fsp3) is 0.682. The summed E-state index contributed by atoms with van der Waals surface area (Å²) in [5.41, 5.74) is 1.13. The largest absolute Gasteiger partial charge is 0.490 e. The normalized spacial score (nSPS) is 18.3. The van der Waals surface area contributed by atoms with Crippen LogP contribution in [0.5, 0.6) is 11.5 Å². The zero-order valence-corrected chi connectivity index (χ0v) is 17.6. The Labute approximate surface area is 171 Å². The van der Waals surface area contributed by atoms with Gasteiger partial charge in [0.2, 0.25) is 5.91 Å². The maximum atomic E-state index is 12.3. The van der Waals surface area contributed by atoms with Crippen molar-refractivity contribution in [1.82, 2.24) is 5.32 Å². The molecule has 1 unspecified atom stereocenters. The summed E-state index contributed by atoms with van der Waals surface area (Å²) in [7, 11) is -0.708. The highest BCUT2D eigenvalue weighted by Crippen LogP contribution is 2.30. The molecule has 0 spiro atoms. The zero-order chi connectivity index (χ0) is 19.6. The number of unbranched alkanes of at least 4 members (excludes halogenated alkanes) is 1. The summed E-state index contributed by atoms with van der Waals surface area (Å²) < 4.78 is 23.6. The van der Waals surface area contributed by atoms with Crippen LogP contribution in [0.4, 0.5) is 0 Å². The number of amides is 1. The standard InChI is InChI=1S/C22H33NO4S/c24-22(9-4-5-16-28(25)19-7-2-1-3-8-19)23-13-12-18-10-11-20-21(17-18)27-15-6-14-26-20/h10-11,17,19H,1-9,12-16H2,(H,23,24). The van der Waals surface area contributed by atoms with Crippen molar-refractivity contribution >= 4 is 16.7 Å². The van der Waals surface area contributed by atoms with E-state index in [1.165, 1.54) is 19.3 Å². The molecule has 28 heavy (non-hydrogen) atoms. The Balaban J connectivity index is 1.28. The van der Waals surface area contributed by atoms with E-state index < -0.39 is 10.8 Å². The molecule has 156 valence electrons. The second kappa shape index (κ2) is 11.4. The van der Waals surface area contributed by atoms with Gasteiger partial charge in [0.05, 0.1) is 13.2 Å². The van der Waals surface area contributed by atoms with Crippen LogP contribution in [0, 0.1) is 0 Å². The van der Waals surface area contributed by atoms with Crippen molar-refractivity contribution < 1.29 is 18.5 Å². The minimum atomic E-state index is -0.708. The van der Waals surface area contributed by atoms with Gasteiger partial charge >= 0.3 is 0 Å². The first-order valence-electron chi connectivity index (χ1n) is 10.7. The van der Waals surface area contributed by atoms with Gasteiger partial charge in [-0.25, -0.2) is 0 Å². The van der Waals surface area contributed by atoms with E-state index in [0.29, 0.717) is 31.4 Å². The molecule has 6 heteroatoms. The van der Waals surface area contributed by atoms with Crippen LogP contribution in [0.15, 0.2) is 18.2 Å². The number of fused-ring (bicyclic) bond motifs is 1. The molecular weight excluding hydrogens is 374 g/mol. The lowest BCUT2D eigenvalue weighted by atomic mass is 10.0. The van der Waals surface area contributed by atoms with Gasteiger partial charge in [0.1, 0.15) is 0 Å². The lowest BCUT2D eigenvalue weighted by molar-refractivity contribution is -0.121. The quantitative estimate of drug-likeness (QED) is 0.633. The Kier molecular flexibility index (Phi) is 8.65. The molecule has 0 radical (unpaired) electrons. The van der Waals surface area contributed by atoms with E-state index in [4.69, 9.17) is 9.47 Å². The number of carbonyl (C=O) groups excluding carboxylic acids is 1. The van der Waals surface area contributed by atoms with Gasteiger partial charge in [-0.1, -0.05) is 25.3 Å². The molecule has 1 saturated carbocycles. The highest BCUT2D eigenvalue weighted by Gasteiger charge is 2.19. The van der Waals surface area contributed by atoms with Crippen molar-refractivity contribution in [2.24, 2.45) is 0 Å². The number of benzene rings is 1. The summed E-state index contributed by atoms with van der Waals surface area (Å²) in [5, 5.41) is 3.39. The first-order valence-corrected chi connectivity index (χ1v) is 12.1. The van der Waals surface area contributed by atoms with Gasteiger partial charge in [0.25, 0.3) is 0 Å². The smallest absolute Gasteiger partial charge is 0.220 e. The summed E-state index contributed by atoms with van der Waals surface area (Å²) in [6.45, 7) is 1.99. The molecule has 3 rings (SSSR count). The van der Waals surface area contributed by atoms with E-state index in [2.05, 4.69) is 5.32 Å². The predicted molar refractivity (Wildman–Crippen MR) is 112 cm³/mol. The summed E-state index contributed by atoms with van der Waals surface area (Å²) in [6, 6.07) is 5.98. The molecule has 1 aromatic rings. The molecule has 1 heterocycles. The molecule has 0 bridgehead atoms. The molecule has 1 amide bonds. The molecule has 5 nitrogen and oxygen atoms in total. The van der Waals surface area contributed by atoms with Crippen LogP contribution in [0.2, 0.25) is 0 Å². The second-order valence-corrected chi connectivity index (χ2v) is 9.57. The third kappa shape index (κ3) is 6.80. The van der Waals surface area contributed by atoms with Crippen LogP contribution in [-0.2, 0) is 22.0 Å². The van der Waals surface area contributed by atoms with Crippen molar-refractivity contribution in [2.75, 3.05) is 25.5 Å². The summed E-state index contributed by atoms with van der Waals surface area (Å²) in [4.78, 5) is 12.0. The number of ether oxygens (including phenoxy) is 2. The maximum absolute atomic E-state index is 12.3. The minimum Gasteiger partial charge on any atom is -0.490 e. The number of hydrogen-bond acceptors (Lipinski definition) is 4. The van der Waals surface area contributed by atoms with Gasteiger partial charge in [-0.15, -0.1) is 0 Å². The van der Waals surface area contributed by atoms with Gasteiger partial charge in [-0.2, -0.15) is 0 Å². The third-order valence-corrected chi connectivity index (χ3v) is 7.38. The van der Waals surface area contributed by atoms with Crippen molar-refractivity contribution in [1.29, 1.82) is 0 Å². The van der Waals surface area contributed by atoms with Gasteiger partial charge in [0.15, 0.2) is 11.5 Å². The van der Waals surface area contributed by atoms with Crippen molar-refractivity contribution in [2.45, 2.75) is 69.5 Å². The highest BCUT2D eigenvalue weighted by atomic mass is 32.2. The average Bonchev–Trinajstić information content (AvgIpc) is 2.97. The molecular formula is C22H33NO4S. The summed E-state index contributed by atoms with van der Waals surface area (Å²) in [6.07, 6.45) is 9.85. The molecule has 0 aromatic heterocycles. The molecule has 1 fully saturated rings. The third-order valence-electron chi connectivity index (χ3n) is 5.47. The van der Waals surface area contributed by atoms with E-state index in [9.17, 15) is 9.00 Å². The van der Waals surface area contributed by atoms with Gasteiger partial charge < -0.3 is 14.8 Å². The Bertz CT molecular complexity index is 658. The SMILES string of the molecule is O=C(CCCCS(=O)C1CCCCC1)NCCc1ccc2c(c1)OCCCO2. The Morgan fingerprint density at radius 2 is 1.82 bits per heavy atom. The van der Waals surface area contributed by atoms with E-state index in [0.717, 1.165) is 61.3 Å². The number of hydrogen-bond donors (Lipinski definition) is 1. The minimum absolute atomic E-state index is 0.0813. The number of rotatable bonds is 9. The Morgan fingerprint density at radius 3 is 2.64 bits per heavy atom. The summed E-state index contributed by atoms with van der Waals surface area (Å²) >= 11 is 0. The van der Waals surface area contributed by atoms with E-state index >= 15 is 0 Å². The number of nitrogens with one attached hydrogen (secondary N) is 1. The second-order valence-electron chi connectivity index (χ2n) is 7.73. The molecule has 1 aromatic carbocycles. The molecule has 1 aliphatic carbocycles. The van der Waals surface area contributed by atoms with E-state index in [-0.39, 0.29) is 5.91 Å². The molecule has 2 aliphatic rings. The van der Waals surface area contributed by atoms with Crippen LogP contribution in [0.1, 0.15) is 63.4 Å². The monoisotopic (exact) mass is 407 g/mol. The van der Waals surface area contributed by atoms with Crippen molar-refractivity contribution in [3.05, 3.63) is 23.8 Å². The Hall–Kier alpha value is -1.56. The van der Waals surface area contributed by atoms with Crippen LogP contribution in [-0.4, -0.2) is 40.9 Å². The fourth-order valence-corrected chi connectivity index (χ4v) is 5.50. The molecule has 1 atom stereocenters. The first kappa shape index (κ1) is 21.2. The zero-order valence-electron chi connectivity index (χ0n) is 16.8. The average molecular weight is 408 g/mol. The van der Waals surface area contributed by atoms with E-state index in [1.807, 2.05) is 18.2 Å². The van der Waals surface area contributed by atoms with Crippen LogP contribution >= 0.6 is 0 Å². The van der Waals surface area contributed by atoms with Gasteiger partial charge in [-0.3, -0.25) is 9.00 Å². The summed E-state index contributed by atoms with van der Waals surface area (Å²) in [5.74, 6) is 2.43. The molecule has 1 N–H and O–H groups in total. The maximum Gasteiger partial charge on any atom is 0.220 e. The van der Waals surface area contributed by atoms with Crippen LogP contribution < -0.4 is 14.8 Å². The lowest BCUT2D eigenvalue weighted by Crippen LogP contribution is -2.25.